The van der Waals surface area contributed by atoms with Crippen LogP contribution in [0.2, 0.25) is 5.28 Å². The van der Waals surface area contributed by atoms with Crippen molar-refractivity contribution >= 4 is 44.9 Å². The fourth-order valence-electron chi connectivity index (χ4n) is 2.60. The first-order valence-electron chi connectivity index (χ1n) is 7.93. The molecule has 0 N–H and O–H groups in total. The number of nitrogens with zero attached hydrogens (tertiary/aromatic N) is 3. The van der Waals surface area contributed by atoms with E-state index in [2.05, 4.69) is 14.9 Å². The Hall–Kier alpha value is -1.44. The van der Waals surface area contributed by atoms with Gasteiger partial charge >= 0.3 is 5.97 Å². The van der Waals surface area contributed by atoms with Crippen LogP contribution in [0.3, 0.4) is 0 Å². The molecule has 8 heteroatoms. The number of morpholine rings is 1. The van der Waals surface area contributed by atoms with Gasteiger partial charge in [-0.3, -0.25) is 0 Å². The van der Waals surface area contributed by atoms with Crippen LogP contribution in [0, 0.1) is 12.8 Å². The molecule has 2 aromatic rings. The Labute approximate surface area is 149 Å². The number of halogens is 1. The van der Waals surface area contributed by atoms with Crippen molar-refractivity contribution in [1.29, 1.82) is 0 Å². The molecule has 1 aliphatic heterocycles. The summed E-state index contributed by atoms with van der Waals surface area (Å²) < 4.78 is 10.8. The first kappa shape index (κ1) is 17.4. The molecule has 3 rings (SSSR count). The van der Waals surface area contributed by atoms with Crippen molar-refractivity contribution in [3.63, 3.8) is 0 Å². The molecular formula is C16H20ClN3O3S. The molecule has 1 fully saturated rings. The topological polar surface area (TPSA) is 64.5 Å². The van der Waals surface area contributed by atoms with Crippen molar-refractivity contribution < 1.29 is 14.3 Å². The Kier molecular flexibility index (Phi) is 5.22. The van der Waals surface area contributed by atoms with E-state index in [4.69, 9.17) is 21.1 Å². The van der Waals surface area contributed by atoms with Crippen LogP contribution < -0.4 is 4.90 Å². The van der Waals surface area contributed by atoms with Gasteiger partial charge in [0.25, 0.3) is 0 Å². The monoisotopic (exact) mass is 369 g/mol. The summed E-state index contributed by atoms with van der Waals surface area (Å²) in [5.74, 6) is 0.750. The Balaban J connectivity index is 2.02. The highest BCUT2D eigenvalue weighted by molar-refractivity contribution is 7.20. The molecule has 0 aromatic carbocycles. The minimum Gasteiger partial charge on any atom is -0.461 e. The van der Waals surface area contributed by atoms with E-state index in [0.29, 0.717) is 35.4 Å². The highest BCUT2D eigenvalue weighted by atomic mass is 35.5. The Morgan fingerprint density at radius 1 is 1.38 bits per heavy atom. The summed E-state index contributed by atoms with van der Waals surface area (Å²) in [5.41, 5.74) is 0.849. The van der Waals surface area contributed by atoms with Crippen molar-refractivity contribution in [3.8, 4) is 0 Å². The van der Waals surface area contributed by atoms with Gasteiger partial charge in [0.05, 0.1) is 25.2 Å². The van der Waals surface area contributed by atoms with Gasteiger partial charge < -0.3 is 14.4 Å². The smallest absolute Gasteiger partial charge is 0.348 e. The average molecular weight is 370 g/mol. The molecule has 1 saturated heterocycles. The number of hydrogen-bond acceptors (Lipinski definition) is 7. The lowest BCUT2D eigenvalue weighted by molar-refractivity contribution is 0.0464. The van der Waals surface area contributed by atoms with Crippen molar-refractivity contribution in [2.75, 3.05) is 37.8 Å². The standard InChI is InChI=1S/C16H20ClN3O3S/c1-9(2)8-23-15(21)12-10(3)11-13(20-4-6-22-7-5-20)18-16(17)19-14(11)24-12/h9H,4-8H2,1-3H3. The van der Waals surface area contributed by atoms with Crippen molar-refractivity contribution in [1.82, 2.24) is 9.97 Å². The van der Waals surface area contributed by atoms with Gasteiger partial charge in [-0.05, 0) is 30.0 Å². The molecule has 0 amide bonds. The maximum absolute atomic E-state index is 12.4. The van der Waals surface area contributed by atoms with Gasteiger partial charge in [0, 0.05) is 13.1 Å². The summed E-state index contributed by atoms with van der Waals surface area (Å²) in [5, 5.41) is 1.06. The van der Waals surface area contributed by atoms with Crippen LogP contribution in [0.5, 0.6) is 0 Å². The summed E-state index contributed by atoms with van der Waals surface area (Å²) in [6, 6.07) is 0. The third-order valence-corrected chi connectivity index (χ3v) is 5.12. The zero-order chi connectivity index (χ0) is 17.3. The van der Waals surface area contributed by atoms with Crippen molar-refractivity contribution in [3.05, 3.63) is 15.7 Å². The molecule has 0 aliphatic carbocycles. The Morgan fingerprint density at radius 2 is 2.08 bits per heavy atom. The number of aryl methyl sites for hydroxylation is 1. The molecule has 0 radical (unpaired) electrons. The van der Waals surface area contributed by atoms with Gasteiger partial charge in [-0.15, -0.1) is 11.3 Å². The Morgan fingerprint density at radius 3 is 2.75 bits per heavy atom. The lowest BCUT2D eigenvalue weighted by Crippen LogP contribution is -2.37. The number of ether oxygens (including phenoxy) is 2. The molecule has 0 saturated carbocycles. The van der Waals surface area contributed by atoms with Gasteiger partial charge in [0.2, 0.25) is 5.28 Å². The average Bonchev–Trinajstić information content (AvgIpc) is 2.89. The van der Waals surface area contributed by atoms with Crippen LogP contribution in [0.15, 0.2) is 0 Å². The van der Waals surface area contributed by atoms with Crippen molar-refractivity contribution in [2.45, 2.75) is 20.8 Å². The van der Waals surface area contributed by atoms with Crippen LogP contribution in [0.4, 0.5) is 5.82 Å². The number of fused-ring (bicyclic) bond motifs is 1. The summed E-state index contributed by atoms with van der Waals surface area (Å²) in [6.45, 7) is 9.10. The second kappa shape index (κ2) is 7.21. The van der Waals surface area contributed by atoms with E-state index >= 15 is 0 Å². The number of carbonyl (C=O) groups excluding carboxylic acids is 1. The van der Waals surface area contributed by atoms with Crippen LogP contribution >= 0.6 is 22.9 Å². The number of esters is 1. The van der Waals surface area contributed by atoms with E-state index < -0.39 is 0 Å². The van der Waals surface area contributed by atoms with Gasteiger partial charge in [0.1, 0.15) is 15.5 Å². The zero-order valence-electron chi connectivity index (χ0n) is 14.0. The number of thiophene rings is 1. The summed E-state index contributed by atoms with van der Waals surface area (Å²) in [6.07, 6.45) is 0. The molecule has 24 heavy (non-hydrogen) atoms. The molecule has 6 nitrogen and oxygen atoms in total. The fraction of sp³-hybridized carbons (Fsp3) is 0.562. The highest BCUT2D eigenvalue weighted by Crippen LogP contribution is 2.36. The van der Waals surface area contributed by atoms with E-state index in [1.807, 2.05) is 20.8 Å². The molecule has 1 aliphatic rings. The zero-order valence-corrected chi connectivity index (χ0v) is 15.5. The van der Waals surface area contributed by atoms with Crippen molar-refractivity contribution in [2.24, 2.45) is 5.92 Å². The SMILES string of the molecule is Cc1c(C(=O)OCC(C)C)sc2nc(Cl)nc(N3CCOCC3)c12. The van der Waals surface area contributed by atoms with E-state index in [9.17, 15) is 4.79 Å². The number of hydrogen-bond donors (Lipinski definition) is 0. The predicted octanol–water partition coefficient (Wildman–Crippen LogP) is 3.30. The lowest BCUT2D eigenvalue weighted by atomic mass is 10.2. The first-order valence-corrected chi connectivity index (χ1v) is 9.13. The van der Waals surface area contributed by atoms with E-state index in [1.165, 1.54) is 11.3 Å². The quantitative estimate of drug-likeness (QED) is 0.608. The Bertz CT molecular complexity index is 757. The number of rotatable bonds is 4. The molecule has 0 atom stereocenters. The normalized spacial score (nSPS) is 15.3. The summed E-state index contributed by atoms with van der Waals surface area (Å²) in [7, 11) is 0. The maximum Gasteiger partial charge on any atom is 0.348 e. The second-order valence-corrected chi connectivity index (χ2v) is 7.48. The van der Waals surface area contributed by atoms with Crippen LogP contribution in [-0.2, 0) is 9.47 Å². The molecule has 2 aromatic heterocycles. The molecule has 3 heterocycles. The number of carbonyl (C=O) groups is 1. The second-order valence-electron chi connectivity index (χ2n) is 6.14. The third kappa shape index (κ3) is 3.48. The summed E-state index contributed by atoms with van der Waals surface area (Å²) >= 11 is 7.41. The number of anilines is 1. The van der Waals surface area contributed by atoms with E-state index in [-0.39, 0.29) is 11.3 Å². The highest BCUT2D eigenvalue weighted by Gasteiger charge is 2.24. The van der Waals surface area contributed by atoms with Gasteiger partial charge in [-0.25, -0.2) is 9.78 Å². The van der Waals surface area contributed by atoms with Crippen LogP contribution in [0.25, 0.3) is 10.2 Å². The summed E-state index contributed by atoms with van der Waals surface area (Å²) in [4.78, 5) is 24.5. The number of aromatic nitrogens is 2. The maximum atomic E-state index is 12.4. The van der Waals surface area contributed by atoms with E-state index in [1.54, 1.807) is 0 Å². The van der Waals surface area contributed by atoms with Gasteiger partial charge in [-0.1, -0.05) is 13.8 Å². The molecular weight excluding hydrogens is 350 g/mol. The molecule has 0 unspecified atom stereocenters. The largest absolute Gasteiger partial charge is 0.461 e. The predicted molar refractivity (Wildman–Crippen MR) is 95.3 cm³/mol. The fourth-order valence-corrected chi connectivity index (χ4v) is 3.88. The molecule has 0 bridgehead atoms. The minimum atomic E-state index is -0.312. The third-order valence-electron chi connectivity index (χ3n) is 3.79. The van der Waals surface area contributed by atoms with E-state index in [0.717, 1.165) is 29.9 Å². The molecule has 0 spiro atoms. The van der Waals surface area contributed by atoms with Crippen LogP contribution in [-0.4, -0.2) is 48.8 Å². The lowest BCUT2D eigenvalue weighted by Gasteiger charge is -2.28. The molecule has 130 valence electrons. The first-order chi connectivity index (χ1) is 11.5. The van der Waals surface area contributed by atoms with Crippen LogP contribution in [0.1, 0.15) is 29.1 Å². The van der Waals surface area contributed by atoms with Gasteiger partial charge in [-0.2, -0.15) is 4.98 Å². The minimum absolute atomic E-state index is 0.187. The van der Waals surface area contributed by atoms with Gasteiger partial charge in [0.15, 0.2) is 0 Å².